The lowest BCUT2D eigenvalue weighted by atomic mass is 10.2. The average molecular weight is 236 g/mol. The van der Waals surface area contributed by atoms with Crippen LogP contribution >= 0.6 is 11.3 Å². The van der Waals surface area contributed by atoms with E-state index < -0.39 is 0 Å². The maximum absolute atomic E-state index is 4.37. The fraction of sp³-hybridized carbons (Fsp3) is 0.455. The summed E-state index contributed by atoms with van der Waals surface area (Å²) in [4.78, 5) is 8.62. The lowest BCUT2D eigenvalue weighted by Gasteiger charge is -2.15. The first kappa shape index (κ1) is 11.3. The van der Waals surface area contributed by atoms with Gasteiger partial charge in [0.25, 0.3) is 0 Å². The van der Waals surface area contributed by atoms with Gasteiger partial charge in [0.15, 0.2) is 0 Å². The quantitative estimate of drug-likeness (QED) is 0.864. The third kappa shape index (κ3) is 2.48. The molecule has 0 saturated carbocycles. The Morgan fingerprint density at radius 2 is 2.38 bits per heavy atom. The van der Waals surface area contributed by atoms with Crippen LogP contribution in [0.1, 0.15) is 30.9 Å². The minimum Gasteiger partial charge on any atom is -0.337 e. The molecule has 0 aliphatic heterocycles. The first-order chi connectivity index (χ1) is 7.81. The summed E-state index contributed by atoms with van der Waals surface area (Å²) in [5.41, 5.74) is 2.95. The zero-order chi connectivity index (χ0) is 11.4. The Balaban J connectivity index is 1.99. The molecule has 1 atom stereocenters. The first-order valence-corrected chi connectivity index (χ1v) is 6.33. The smallest absolute Gasteiger partial charge is 0.125 e. The first-order valence-electron chi connectivity index (χ1n) is 5.39. The fourth-order valence-electron chi connectivity index (χ4n) is 1.68. The van der Waals surface area contributed by atoms with Gasteiger partial charge in [0, 0.05) is 31.4 Å². The van der Waals surface area contributed by atoms with Gasteiger partial charge in [0.1, 0.15) is 5.82 Å². The van der Waals surface area contributed by atoms with Crippen molar-refractivity contribution in [1.82, 2.24) is 19.9 Å². The van der Waals surface area contributed by atoms with Crippen LogP contribution in [-0.2, 0) is 13.6 Å². The van der Waals surface area contributed by atoms with Crippen molar-refractivity contribution in [2.45, 2.75) is 25.9 Å². The number of nitrogens with one attached hydrogen (secondary N) is 1. The number of nitrogens with zero attached hydrogens (tertiary/aromatic N) is 3. The van der Waals surface area contributed by atoms with Crippen molar-refractivity contribution in [3.63, 3.8) is 0 Å². The minimum absolute atomic E-state index is 0.293. The Hall–Kier alpha value is -1.20. The van der Waals surface area contributed by atoms with Gasteiger partial charge < -0.3 is 9.88 Å². The van der Waals surface area contributed by atoms with Crippen LogP contribution in [0.5, 0.6) is 0 Å². The topological polar surface area (TPSA) is 42.7 Å². The van der Waals surface area contributed by atoms with E-state index in [1.807, 2.05) is 25.0 Å². The largest absolute Gasteiger partial charge is 0.337 e. The molecule has 0 bridgehead atoms. The van der Waals surface area contributed by atoms with Gasteiger partial charge in [0.05, 0.1) is 17.2 Å². The molecule has 2 heterocycles. The van der Waals surface area contributed by atoms with Crippen LogP contribution in [0.15, 0.2) is 23.3 Å². The van der Waals surface area contributed by atoms with Gasteiger partial charge in [-0.1, -0.05) is 6.92 Å². The maximum atomic E-state index is 4.37. The highest BCUT2D eigenvalue weighted by atomic mass is 32.1. The number of hydrogen-bond donors (Lipinski definition) is 1. The van der Waals surface area contributed by atoms with E-state index in [4.69, 9.17) is 0 Å². The summed E-state index contributed by atoms with van der Waals surface area (Å²) in [6.45, 7) is 2.96. The van der Waals surface area contributed by atoms with Crippen molar-refractivity contribution < 1.29 is 0 Å². The second kappa shape index (κ2) is 5.23. The molecule has 0 fully saturated rings. The van der Waals surface area contributed by atoms with Gasteiger partial charge in [-0.05, 0) is 6.42 Å². The molecule has 5 heteroatoms. The maximum Gasteiger partial charge on any atom is 0.125 e. The third-order valence-electron chi connectivity index (χ3n) is 2.59. The molecule has 2 aromatic heterocycles. The van der Waals surface area contributed by atoms with E-state index in [-0.39, 0.29) is 0 Å². The number of aryl methyl sites for hydroxylation is 1. The summed E-state index contributed by atoms with van der Waals surface area (Å²) in [5, 5.41) is 5.54. The Bertz CT molecular complexity index is 421. The summed E-state index contributed by atoms with van der Waals surface area (Å²) in [5.74, 6) is 1.08. The molecule has 2 aromatic rings. The molecule has 0 aliphatic rings. The molecule has 4 nitrogen and oxygen atoms in total. The van der Waals surface area contributed by atoms with E-state index in [9.17, 15) is 0 Å². The molecule has 0 aromatic carbocycles. The van der Waals surface area contributed by atoms with Crippen molar-refractivity contribution in [2.24, 2.45) is 7.05 Å². The Labute approximate surface area is 99.4 Å². The summed E-state index contributed by atoms with van der Waals surface area (Å²) in [6.07, 6.45) is 4.83. The van der Waals surface area contributed by atoms with Crippen molar-refractivity contribution in [2.75, 3.05) is 0 Å². The monoisotopic (exact) mass is 236 g/mol. The van der Waals surface area contributed by atoms with Crippen LogP contribution in [0.3, 0.4) is 0 Å². The molecule has 86 valence electrons. The van der Waals surface area contributed by atoms with E-state index in [1.54, 1.807) is 11.3 Å². The summed E-state index contributed by atoms with van der Waals surface area (Å²) < 4.78 is 2.06. The highest BCUT2D eigenvalue weighted by molar-refractivity contribution is 7.07. The van der Waals surface area contributed by atoms with Crippen molar-refractivity contribution in [3.8, 4) is 0 Å². The van der Waals surface area contributed by atoms with Crippen molar-refractivity contribution >= 4 is 11.3 Å². The second-order valence-corrected chi connectivity index (χ2v) is 4.44. The Kier molecular flexibility index (Phi) is 3.69. The van der Waals surface area contributed by atoms with E-state index >= 15 is 0 Å². The standard InChI is InChI=1S/C11H16N4S/c1-3-10(11-12-4-5-15(11)2)13-6-9-7-16-8-14-9/h4-5,7-8,10,13H,3,6H2,1-2H3. The molecule has 2 rings (SSSR count). The minimum atomic E-state index is 0.293. The van der Waals surface area contributed by atoms with Crippen LogP contribution < -0.4 is 5.32 Å². The Morgan fingerprint density at radius 3 is 2.94 bits per heavy atom. The Morgan fingerprint density at radius 1 is 1.50 bits per heavy atom. The predicted molar refractivity (Wildman–Crippen MR) is 65.2 cm³/mol. The average Bonchev–Trinajstić information content (AvgIpc) is 2.92. The molecule has 0 aliphatic carbocycles. The summed E-state index contributed by atoms with van der Waals surface area (Å²) in [7, 11) is 2.02. The summed E-state index contributed by atoms with van der Waals surface area (Å²) >= 11 is 1.63. The molecule has 0 radical (unpaired) electrons. The normalized spacial score (nSPS) is 12.9. The van der Waals surface area contributed by atoms with Crippen molar-refractivity contribution in [3.05, 3.63) is 34.8 Å². The van der Waals surface area contributed by atoms with Gasteiger partial charge >= 0.3 is 0 Å². The number of imidazole rings is 1. The molecule has 16 heavy (non-hydrogen) atoms. The SMILES string of the molecule is CCC(NCc1cscn1)c1nccn1C. The molecule has 0 spiro atoms. The van der Waals surface area contributed by atoms with Crippen molar-refractivity contribution in [1.29, 1.82) is 0 Å². The molecule has 1 unspecified atom stereocenters. The van der Waals surface area contributed by atoms with Gasteiger partial charge in [-0.2, -0.15) is 0 Å². The van der Waals surface area contributed by atoms with Crippen LogP contribution in [-0.4, -0.2) is 14.5 Å². The number of rotatable bonds is 5. The van der Waals surface area contributed by atoms with Gasteiger partial charge in [0.2, 0.25) is 0 Å². The summed E-state index contributed by atoms with van der Waals surface area (Å²) in [6, 6.07) is 0.293. The highest BCUT2D eigenvalue weighted by Gasteiger charge is 2.13. The van der Waals surface area contributed by atoms with Crippen LogP contribution in [0.25, 0.3) is 0 Å². The predicted octanol–water partition coefficient (Wildman–Crippen LogP) is 2.12. The molecule has 0 amide bonds. The number of thiazole rings is 1. The molecular weight excluding hydrogens is 220 g/mol. The van der Waals surface area contributed by atoms with Crippen LogP contribution in [0.4, 0.5) is 0 Å². The van der Waals surface area contributed by atoms with Crippen LogP contribution in [0.2, 0.25) is 0 Å². The highest BCUT2D eigenvalue weighted by Crippen LogP contribution is 2.14. The molecule has 0 saturated heterocycles. The number of hydrogen-bond acceptors (Lipinski definition) is 4. The van der Waals surface area contributed by atoms with Gasteiger partial charge in [-0.15, -0.1) is 11.3 Å². The van der Waals surface area contributed by atoms with E-state index in [0.29, 0.717) is 6.04 Å². The second-order valence-electron chi connectivity index (χ2n) is 3.72. The zero-order valence-corrected chi connectivity index (χ0v) is 10.4. The van der Waals surface area contributed by atoms with Gasteiger partial charge in [-0.25, -0.2) is 9.97 Å². The van der Waals surface area contributed by atoms with E-state index in [2.05, 4.69) is 32.2 Å². The lowest BCUT2D eigenvalue weighted by Crippen LogP contribution is -2.23. The zero-order valence-electron chi connectivity index (χ0n) is 9.55. The number of aromatic nitrogens is 3. The third-order valence-corrected chi connectivity index (χ3v) is 3.23. The van der Waals surface area contributed by atoms with Gasteiger partial charge in [-0.3, -0.25) is 0 Å². The molecule has 1 N–H and O–H groups in total. The van der Waals surface area contributed by atoms with Crippen LogP contribution in [0, 0.1) is 0 Å². The molecular formula is C11H16N4S. The fourth-order valence-corrected chi connectivity index (χ4v) is 2.24. The van der Waals surface area contributed by atoms with E-state index in [0.717, 1.165) is 24.5 Å². The lowest BCUT2D eigenvalue weighted by molar-refractivity contribution is 0.478. The van der Waals surface area contributed by atoms with E-state index in [1.165, 1.54) is 0 Å².